The van der Waals surface area contributed by atoms with Crippen molar-refractivity contribution >= 4 is 25.0 Å². The van der Waals surface area contributed by atoms with Crippen LogP contribution < -0.4 is 0 Å². The molecular weight excluding hydrogens is 551 g/mol. The number of allylic oxidation sites excluding steroid dienone is 2. The van der Waals surface area contributed by atoms with Gasteiger partial charge >= 0.3 is 7.12 Å². The maximum absolute atomic E-state index is 14.1. The highest BCUT2D eigenvalue weighted by Crippen LogP contribution is 2.52. The molecule has 8 heteroatoms. The van der Waals surface area contributed by atoms with Crippen LogP contribution in [0.2, 0.25) is 6.32 Å². The van der Waals surface area contributed by atoms with E-state index in [0.29, 0.717) is 19.2 Å². The van der Waals surface area contributed by atoms with E-state index in [9.17, 15) is 19.7 Å². The number of hydrogen-bond acceptors (Lipinski definition) is 6. The van der Waals surface area contributed by atoms with Crippen molar-refractivity contribution < 1.29 is 24.4 Å². The van der Waals surface area contributed by atoms with Crippen molar-refractivity contribution in [3.05, 3.63) is 82.4 Å². The number of phenols is 1. The fraction of sp³-hybridized carbons (Fsp3) is 0.500. The van der Waals surface area contributed by atoms with Crippen LogP contribution >= 0.6 is 0 Å². The minimum absolute atomic E-state index is 0.0112. The zero-order valence-corrected chi connectivity index (χ0v) is 26.0. The molecule has 7 nitrogen and oxygen atoms in total. The fourth-order valence-corrected chi connectivity index (χ4v) is 8.16. The van der Waals surface area contributed by atoms with Gasteiger partial charge in [0.15, 0.2) is 0 Å². The number of carbonyl (C=O) groups is 2. The van der Waals surface area contributed by atoms with Crippen molar-refractivity contribution in [3.8, 4) is 5.75 Å². The monoisotopic (exact) mass is 596 g/mol. The lowest BCUT2D eigenvalue weighted by Gasteiger charge is -2.43. The van der Waals surface area contributed by atoms with Crippen molar-refractivity contribution in [2.45, 2.75) is 83.8 Å². The highest BCUT2D eigenvalue weighted by molar-refractivity contribution is 6.43. The lowest BCUT2D eigenvalue weighted by atomic mass is 9.58. The van der Waals surface area contributed by atoms with E-state index in [0.717, 1.165) is 62.9 Å². The number of hydrogen-bond donors (Lipinski definition) is 2. The van der Waals surface area contributed by atoms with Gasteiger partial charge in [0, 0.05) is 31.2 Å². The maximum atomic E-state index is 14.1. The van der Waals surface area contributed by atoms with Gasteiger partial charge in [-0.3, -0.25) is 19.4 Å². The third kappa shape index (κ3) is 6.17. The Labute approximate surface area is 261 Å². The Kier molecular flexibility index (Phi) is 9.41. The predicted molar refractivity (Wildman–Crippen MR) is 172 cm³/mol. The maximum Gasteiger partial charge on any atom is 0.455 e. The van der Waals surface area contributed by atoms with Gasteiger partial charge in [-0.1, -0.05) is 79.6 Å². The minimum Gasteiger partial charge on any atom is -0.507 e. The molecule has 4 aliphatic rings. The highest BCUT2D eigenvalue weighted by atomic mass is 16.5. The molecule has 0 unspecified atom stereocenters. The molecule has 6 rings (SSSR count). The molecule has 4 atom stereocenters. The molecule has 3 saturated heterocycles. The number of phenolic OH excluding ortho intramolecular Hbond substituents is 1. The summed E-state index contributed by atoms with van der Waals surface area (Å²) in [6, 6.07) is 17.7. The number of para-hydroxylation sites is 1. The van der Waals surface area contributed by atoms with Crippen LogP contribution in [-0.4, -0.2) is 64.1 Å². The van der Waals surface area contributed by atoms with Crippen LogP contribution in [0.5, 0.6) is 5.75 Å². The van der Waals surface area contributed by atoms with Crippen LogP contribution in [0.25, 0.3) is 6.08 Å². The molecule has 2 amide bonds. The topological polar surface area (TPSA) is 90.3 Å². The number of piperidine rings is 1. The Balaban J connectivity index is 1.17. The zero-order chi connectivity index (χ0) is 30.8. The molecular formula is C36H45BN2O5. The van der Waals surface area contributed by atoms with E-state index in [2.05, 4.69) is 43.0 Å². The van der Waals surface area contributed by atoms with E-state index in [1.54, 1.807) is 11.0 Å². The van der Waals surface area contributed by atoms with Crippen molar-refractivity contribution in [1.29, 1.82) is 0 Å². The number of nitrogens with zero attached hydrogens (tertiary/aromatic N) is 2. The molecule has 0 saturated carbocycles. The molecule has 3 aliphatic heterocycles. The van der Waals surface area contributed by atoms with Gasteiger partial charge in [0.2, 0.25) is 11.8 Å². The van der Waals surface area contributed by atoms with Crippen LogP contribution in [0, 0.1) is 17.8 Å². The van der Waals surface area contributed by atoms with E-state index in [1.165, 1.54) is 16.7 Å². The zero-order valence-electron chi connectivity index (χ0n) is 26.0. The Hall–Kier alpha value is -3.20. The standard InChI is InChI=1S/C36H45BN2O5/c1-3-24(20-27-12-8-9-13-31(27)40)14-15-32-33-26(4-2)21-29-34(30(33)22-37(43)44-32)36(42)39(35(29)41)28-16-18-38(19-17-28)23-25-10-6-5-7-11-25/h5-13,20,28-30,32,34,40,43H,3-4,14-19,21-23H2,1-2H3/b24-20+/t29-,30+,32-,34-/m1/s1. The summed E-state index contributed by atoms with van der Waals surface area (Å²) in [6.45, 7) is 6.84. The molecule has 44 heavy (non-hydrogen) atoms. The number of imide groups is 1. The molecule has 0 bridgehead atoms. The Morgan fingerprint density at radius 3 is 2.43 bits per heavy atom. The summed E-state index contributed by atoms with van der Waals surface area (Å²) in [7, 11) is -0.962. The molecule has 1 aliphatic carbocycles. The number of likely N-dealkylation sites (tertiary alicyclic amines) is 2. The summed E-state index contributed by atoms with van der Waals surface area (Å²) >= 11 is 0. The average Bonchev–Trinajstić information content (AvgIpc) is 3.29. The van der Waals surface area contributed by atoms with Crippen molar-refractivity contribution in [2.75, 3.05) is 13.1 Å². The van der Waals surface area contributed by atoms with Crippen molar-refractivity contribution in [3.63, 3.8) is 0 Å². The summed E-state index contributed by atoms with van der Waals surface area (Å²) in [5.74, 6) is -0.730. The molecule has 232 valence electrons. The Morgan fingerprint density at radius 1 is 1.00 bits per heavy atom. The molecule has 0 aromatic heterocycles. The van der Waals surface area contributed by atoms with E-state index < -0.39 is 13.0 Å². The molecule has 3 fully saturated rings. The van der Waals surface area contributed by atoms with Crippen molar-refractivity contribution in [2.24, 2.45) is 17.8 Å². The molecule has 3 heterocycles. The number of benzene rings is 2. The van der Waals surface area contributed by atoms with Crippen LogP contribution in [-0.2, 0) is 20.8 Å². The van der Waals surface area contributed by atoms with Crippen LogP contribution in [0.1, 0.15) is 69.9 Å². The number of amides is 2. The number of aromatic hydroxyl groups is 1. The van der Waals surface area contributed by atoms with E-state index >= 15 is 0 Å². The Morgan fingerprint density at radius 2 is 1.73 bits per heavy atom. The molecule has 0 spiro atoms. The van der Waals surface area contributed by atoms with Gasteiger partial charge in [-0.15, -0.1) is 0 Å². The third-order valence-corrected chi connectivity index (χ3v) is 10.4. The van der Waals surface area contributed by atoms with Gasteiger partial charge in [-0.25, -0.2) is 0 Å². The van der Waals surface area contributed by atoms with Crippen LogP contribution in [0.15, 0.2) is 71.3 Å². The summed E-state index contributed by atoms with van der Waals surface area (Å²) in [5.41, 5.74) is 5.63. The SMILES string of the molecule is CCC1=C2[C@@H](CC/C(=C/c3ccccc3O)CC)OB(O)C[C@@H]2[C@@H]2C(=O)N(C3CCN(Cc4ccccc4)CC3)C(=O)[C@@H]2C1. The first-order valence-corrected chi connectivity index (χ1v) is 16.5. The second kappa shape index (κ2) is 13.4. The lowest BCUT2D eigenvalue weighted by Crippen LogP contribution is -2.48. The Bertz CT molecular complexity index is 1420. The van der Waals surface area contributed by atoms with Gasteiger partial charge in [0.25, 0.3) is 0 Å². The van der Waals surface area contributed by atoms with Crippen molar-refractivity contribution in [1.82, 2.24) is 9.80 Å². The summed E-state index contributed by atoms with van der Waals surface area (Å²) < 4.78 is 6.18. The quantitative estimate of drug-likeness (QED) is 0.215. The summed E-state index contributed by atoms with van der Waals surface area (Å²) in [4.78, 5) is 32.1. The summed E-state index contributed by atoms with van der Waals surface area (Å²) in [5, 5.41) is 21.2. The van der Waals surface area contributed by atoms with E-state index in [-0.39, 0.29) is 41.5 Å². The molecule has 0 radical (unpaired) electrons. The summed E-state index contributed by atoms with van der Waals surface area (Å²) in [6.07, 6.45) is 7.38. The molecule has 2 aromatic rings. The number of rotatable bonds is 9. The van der Waals surface area contributed by atoms with Crippen LogP contribution in [0.3, 0.4) is 0 Å². The lowest BCUT2D eigenvalue weighted by molar-refractivity contribution is -0.144. The largest absolute Gasteiger partial charge is 0.507 e. The van der Waals surface area contributed by atoms with Gasteiger partial charge in [0.1, 0.15) is 5.75 Å². The minimum atomic E-state index is -0.962. The van der Waals surface area contributed by atoms with Crippen LogP contribution in [0.4, 0.5) is 0 Å². The first-order chi connectivity index (χ1) is 21.4. The smallest absolute Gasteiger partial charge is 0.455 e. The second-order valence-electron chi connectivity index (χ2n) is 13.0. The molecule has 2 N–H and O–H groups in total. The van der Waals surface area contributed by atoms with Gasteiger partial charge in [0.05, 0.1) is 17.9 Å². The van der Waals surface area contributed by atoms with Gasteiger partial charge in [-0.2, -0.15) is 0 Å². The van der Waals surface area contributed by atoms with Gasteiger partial charge in [-0.05, 0) is 74.4 Å². The van der Waals surface area contributed by atoms with Gasteiger partial charge < -0.3 is 14.8 Å². The van der Waals surface area contributed by atoms with E-state index in [1.807, 2.05) is 30.3 Å². The number of fused-ring (bicyclic) bond motifs is 3. The second-order valence-corrected chi connectivity index (χ2v) is 13.0. The molecule has 2 aromatic carbocycles. The average molecular weight is 597 g/mol. The first-order valence-electron chi connectivity index (χ1n) is 16.5. The number of carbonyl (C=O) groups excluding carboxylic acids is 2. The normalized spacial score (nSPS) is 26.8. The van der Waals surface area contributed by atoms with E-state index in [4.69, 9.17) is 4.65 Å². The predicted octanol–water partition coefficient (Wildman–Crippen LogP) is 5.84. The highest BCUT2D eigenvalue weighted by Gasteiger charge is 2.58. The first kappa shape index (κ1) is 30.8. The third-order valence-electron chi connectivity index (χ3n) is 10.4. The fourth-order valence-electron chi connectivity index (χ4n) is 8.16.